The van der Waals surface area contributed by atoms with Crippen LogP contribution in [0.25, 0.3) is 0 Å². The number of hydrogen-bond acceptors (Lipinski definition) is 5. The molecule has 1 fully saturated rings. The van der Waals surface area contributed by atoms with Crippen molar-refractivity contribution < 1.29 is 40.9 Å². The quantitative estimate of drug-likeness (QED) is 0.475. The molecular weight excluding hydrogens is 455 g/mol. The van der Waals surface area contributed by atoms with Crippen LogP contribution >= 0.6 is 0 Å². The summed E-state index contributed by atoms with van der Waals surface area (Å²) in [6, 6.07) is 4.19. The van der Waals surface area contributed by atoms with Crippen LogP contribution in [0.4, 0.5) is 0 Å². The van der Waals surface area contributed by atoms with Crippen molar-refractivity contribution in [3.05, 3.63) is 29.3 Å². The summed E-state index contributed by atoms with van der Waals surface area (Å²) >= 11 is 0. The second kappa shape index (κ2) is 9.66. The Balaban J connectivity index is 0.000000390. The summed E-state index contributed by atoms with van der Waals surface area (Å²) in [6.45, 7) is 0. The van der Waals surface area contributed by atoms with E-state index in [9.17, 15) is 9.59 Å². The molecule has 1 aliphatic rings. The molecule has 2 atom stereocenters. The largest absolute Gasteiger partial charge is 0.507 e. The number of carboxylic acid groups (broad SMARTS) is 1. The Bertz CT molecular complexity index is 472. The molecule has 1 aromatic rings. The van der Waals surface area contributed by atoms with Gasteiger partial charge in [0.25, 0.3) is 0 Å². The summed E-state index contributed by atoms with van der Waals surface area (Å²) < 4.78 is 0. The second-order valence-electron chi connectivity index (χ2n) is 4.81. The van der Waals surface area contributed by atoms with Crippen molar-refractivity contribution >= 4 is 12.3 Å². The minimum absolute atomic E-state index is 0. The number of aromatic hydroxyl groups is 1. The zero-order valence-corrected chi connectivity index (χ0v) is 13.7. The third kappa shape index (κ3) is 6.38. The molecular formula is C14H20N2O4Pt. The topological polar surface area (TPSA) is 127 Å². The van der Waals surface area contributed by atoms with Gasteiger partial charge in [0.05, 0.1) is 0 Å². The average molecular weight is 475 g/mol. The number of rotatable bonds is 2. The van der Waals surface area contributed by atoms with Gasteiger partial charge in [0, 0.05) is 38.7 Å². The molecule has 0 aromatic heterocycles. The fourth-order valence-corrected chi connectivity index (χ4v) is 1.99. The standard InChI is InChI=1S/C8H6O4.C6H14N2.Pt/c9-4-5-1-2-7(10)6(3-5)8(11)12;7-5-3-1-2-4-6(5)8;/h1-4,10H,(H,11,12);5-6H,1-4,7-8H2;. The molecule has 6 nitrogen and oxygen atoms in total. The first-order chi connectivity index (χ1) is 9.45. The number of carbonyl (C=O) groups is 2. The van der Waals surface area contributed by atoms with Gasteiger partial charge >= 0.3 is 5.97 Å². The van der Waals surface area contributed by atoms with Gasteiger partial charge in [-0.1, -0.05) is 12.8 Å². The van der Waals surface area contributed by atoms with Gasteiger partial charge in [0.1, 0.15) is 17.6 Å². The van der Waals surface area contributed by atoms with E-state index in [1.807, 2.05) is 0 Å². The number of nitrogens with two attached hydrogens (primary N) is 2. The molecule has 7 heteroatoms. The van der Waals surface area contributed by atoms with E-state index < -0.39 is 5.97 Å². The molecule has 120 valence electrons. The van der Waals surface area contributed by atoms with Crippen LogP contribution in [0.2, 0.25) is 0 Å². The number of benzene rings is 1. The monoisotopic (exact) mass is 475 g/mol. The van der Waals surface area contributed by atoms with E-state index in [0.29, 0.717) is 6.29 Å². The molecule has 0 bridgehead atoms. The van der Waals surface area contributed by atoms with Gasteiger partial charge in [-0.2, -0.15) is 0 Å². The van der Waals surface area contributed by atoms with Gasteiger partial charge in [-0.25, -0.2) is 4.79 Å². The zero-order chi connectivity index (χ0) is 15.1. The maximum Gasteiger partial charge on any atom is 0.339 e. The first kappa shape index (κ1) is 19.8. The van der Waals surface area contributed by atoms with Crippen molar-refractivity contribution in [1.82, 2.24) is 0 Å². The van der Waals surface area contributed by atoms with Crippen LogP contribution in [0.15, 0.2) is 18.2 Å². The predicted molar refractivity (Wildman–Crippen MR) is 74.9 cm³/mol. The minimum atomic E-state index is -1.25. The summed E-state index contributed by atoms with van der Waals surface area (Å²) in [7, 11) is 0. The molecule has 1 saturated carbocycles. The summed E-state index contributed by atoms with van der Waals surface area (Å²) in [4.78, 5) is 20.6. The van der Waals surface area contributed by atoms with Crippen molar-refractivity contribution in [1.29, 1.82) is 0 Å². The van der Waals surface area contributed by atoms with Gasteiger partial charge in [0.15, 0.2) is 0 Å². The van der Waals surface area contributed by atoms with Crippen molar-refractivity contribution in [2.24, 2.45) is 11.5 Å². The molecule has 2 unspecified atom stereocenters. The SMILES string of the molecule is NC1CCCCC1N.O=Cc1ccc(O)c(C(=O)O)c1.[Pt]. The van der Waals surface area contributed by atoms with Crippen molar-refractivity contribution in [2.45, 2.75) is 37.8 Å². The van der Waals surface area contributed by atoms with E-state index in [1.165, 1.54) is 25.0 Å². The molecule has 21 heavy (non-hydrogen) atoms. The van der Waals surface area contributed by atoms with E-state index in [4.69, 9.17) is 21.7 Å². The molecule has 2 rings (SSSR count). The van der Waals surface area contributed by atoms with Crippen LogP contribution in [0.1, 0.15) is 46.4 Å². The number of carboxylic acids is 1. The van der Waals surface area contributed by atoms with Crippen LogP contribution in [-0.2, 0) is 21.1 Å². The Kier molecular flexibility index (Phi) is 9.09. The Morgan fingerprint density at radius 2 is 1.71 bits per heavy atom. The number of aldehydes is 1. The molecule has 0 spiro atoms. The Morgan fingerprint density at radius 1 is 1.19 bits per heavy atom. The number of hydrogen-bond donors (Lipinski definition) is 4. The normalized spacial score (nSPS) is 20.5. The minimum Gasteiger partial charge on any atom is -0.507 e. The van der Waals surface area contributed by atoms with Crippen molar-refractivity contribution in [3.63, 3.8) is 0 Å². The summed E-state index contributed by atoms with van der Waals surface area (Å²) in [5.41, 5.74) is 11.3. The maximum atomic E-state index is 10.4. The van der Waals surface area contributed by atoms with Crippen molar-refractivity contribution in [3.8, 4) is 5.75 Å². The summed E-state index contributed by atoms with van der Waals surface area (Å²) in [5, 5.41) is 17.5. The number of phenols is 1. The Hall–Kier alpha value is -1.23. The summed E-state index contributed by atoms with van der Waals surface area (Å²) in [6.07, 6.45) is 5.32. The van der Waals surface area contributed by atoms with Gasteiger partial charge in [-0.05, 0) is 31.0 Å². The fourth-order valence-electron chi connectivity index (χ4n) is 1.99. The molecule has 0 heterocycles. The molecule has 0 radical (unpaired) electrons. The van der Waals surface area contributed by atoms with E-state index >= 15 is 0 Å². The van der Waals surface area contributed by atoms with Gasteiger partial charge in [0.2, 0.25) is 0 Å². The maximum absolute atomic E-state index is 10.4. The van der Waals surface area contributed by atoms with Crippen LogP contribution in [-0.4, -0.2) is 34.6 Å². The van der Waals surface area contributed by atoms with Crippen LogP contribution < -0.4 is 11.5 Å². The predicted octanol–water partition coefficient (Wildman–Crippen LogP) is 1.12. The van der Waals surface area contributed by atoms with Crippen LogP contribution in [0, 0.1) is 0 Å². The Morgan fingerprint density at radius 3 is 2.10 bits per heavy atom. The zero-order valence-electron chi connectivity index (χ0n) is 11.5. The van der Waals surface area contributed by atoms with Crippen molar-refractivity contribution in [2.75, 3.05) is 0 Å². The summed E-state index contributed by atoms with van der Waals surface area (Å²) in [5.74, 6) is -1.59. The van der Waals surface area contributed by atoms with Gasteiger partial charge < -0.3 is 21.7 Å². The van der Waals surface area contributed by atoms with Crippen LogP contribution in [0.5, 0.6) is 5.75 Å². The first-order valence-corrected chi connectivity index (χ1v) is 6.48. The smallest absolute Gasteiger partial charge is 0.339 e. The van der Waals surface area contributed by atoms with Gasteiger partial charge in [-0.15, -0.1) is 0 Å². The molecule has 0 aliphatic heterocycles. The van der Waals surface area contributed by atoms with Gasteiger partial charge in [-0.3, -0.25) is 4.79 Å². The number of aromatic carboxylic acids is 1. The third-order valence-electron chi connectivity index (χ3n) is 3.26. The molecule has 1 aromatic carbocycles. The molecule has 0 amide bonds. The van der Waals surface area contributed by atoms with E-state index in [-0.39, 0.29) is 50.0 Å². The molecule has 6 N–H and O–H groups in total. The molecule has 1 aliphatic carbocycles. The third-order valence-corrected chi connectivity index (χ3v) is 3.26. The average Bonchev–Trinajstić information content (AvgIpc) is 2.43. The fraction of sp³-hybridized carbons (Fsp3) is 0.429. The number of carbonyl (C=O) groups excluding carboxylic acids is 1. The van der Waals surface area contributed by atoms with E-state index in [0.717, 1.165) is 18.9 Å². The second-order valence-corrected chi connectivity index (χ2v) is 4.81. The van der Waals surface area contributed by atoms with Crippen LogP contribution in [0.3, 0.4) is 0 Å². The molecule has 0 saturated heterocycles. The van der Waals surface area contributed by atoms with E-state index in [2.05, 4.69) is 0 Å². The first-order valence-electron chi connectivity index (χ1n) is 6.48. The Labute approximate surface area is 137 Å². The van der Waals surface area contributed by atoms with E-state index in [1.54, 1.807) is 0 Å².